The maximum absolute atomic E-state index is 13.0. The van der Waals surface area contributed by atoms with Gasteiger partial charge in [0.1, 0.15) is 0 Å². The Bertz CT molecular complexity index is 647. The molecule has 2 heterocycles. The number of piperidine rings is 1. The van der Waals surface area contributed by atoms with E-state index in [9.17, 15) is 8.42 Å². The molecule has 3 rings (SSSR count). The van der Waals surface area contributed by atoms with Crippen molar-refractivity contribution in [1.29, 1.82) is 0 Å². The first-order valence-corrected chi connectivity index (χ1v) is 11.4. The third-order valence-corrected chi connectivity index (χ3v) is 7.67. The summed E-state index contributed by atoms with van der Waals surface area (Å²) in [5.74, 6) is 0.125. The molecule has 1 unspecified atom stereocenters. The van der Waals surface area contributed by atoms with Crippen LogP contribution in [0.5, 0.6) is 0 Å². The third-order valence-electron chi connectivity index (χ3n) is 5.88. The molecule has 1 spiro atoms. The first kappa shape index (κ1) is 18.9. The van der Waals surface area contributed by atoms with Crippen LogP contribution in [-0.2, 0) is 15.8 Å². The van der Waals surface area contributed by atoms with Crippen molar-refractivity contribution >= 4 is 10.0 Å². The van der Waals surface area contributed by atoms with E-state index in [0.717, 1.165) is 37.9 Å². The van der Waals surface area contributed by atoms with Crippen LogP contribution in [0.3, 0.4) is 0 Å². The van der Waals surface area contributed by atoms with Crippen molar-refractivity contribution in [2.75, 3.05) is 26.2 Å². The maximum Gasteiger partial charge on any atom is 0.218 e. The Balaban J connectivity index is 1.69. The summed E-state index contributed by atoms with van der Waals surface area (Å²) in [6.07, 6.45) is 8.22. The molecule has 5 heteroatoms. The highest BCUT2D eigenvalue weighted by molar-refractivity contribution is 7.88. The Labute approximate surface area is 153 Å². The first-order chi connectivity index (χ1) is 12.1. The number of hydrogen-bond donors (Lipinski definition) is 0. The van der Waals surface area contributed by atoms with Crippen molar-refractivity contribution in [3.63, 3.8) is 0 Å². The molecular weight excluding hydrogens is 332 g/mol. The fourth-order valence-electron chi connectivity index (χ4n) is 4.54. The topological polar surface area (TPSA) is 40.6 Å². The molecule has 2 aliphatic heterocycles. The van der Waals surface area contributed by atoms with Gasteiger partial charge < -0.3 is 0 Å². The molecule has 0 N–H and O–H groups in total. The van der Waals surface area contributed by atoms with Crippen LogP contribution in [0.1, 0.15) is 57.4 Å². The van der Waals surface area contributed by atoms with Crippen molar-refractivity contribution in [1.82, 2.24) is 9.21 Å². The van der Waals surface area contributed by atoms with Crippen LogP contribution in [0.15, 0.2) is 30.3 Å². The predicted molar refractivity (Wildman–Crippen MR) is 103 cm³/mol. The largest absolute Gasteiger partial charge is 0.296 e. The van der Waals surface area contributed by atoms with Crippen LogP contribution < -0.4 is 0 Å². The molecule has 0 aromatic heterocycles. The number of hydrogen-bond acceptors (Lipinski definition) is 3. The Hall–Kier alpha value is -0.910. The van der Waals surface area contributed by atoms with Crippen LogP contribution in [0.4, 0.5) is 0 Å². The van der Waals surface area contributed by atoms with Gasteiger partial charge in [-0.3, -0.25) is 4.90 Å². The standard InChI is InChI=1S/C20H32N2O2S/c1-2-3-7-14-21-15-8-12-20(21)13-9-16-22(18-20)25(23,24)17-19-10-5-4-6-11-19/h4-6,10-11H,2-3,7-9,12-18H2,1H3. The van der Waals surface area contributed by atoms with E-state index in [1.807, 2.05) is 30.3 Å². The van der Waals surface area contributed by atoms with Gasteiger partial charge in [0.2, 0.25) is 10.0 Å². The van der Waals surface area contributed by atoms with Crippen LogP contribution in [0, 0.1) is 0 Å². The molecule has 2 fully saturated rings. The lowest BCUT2D eigenvalue weighted by molar-refractivity contribution is 0.0725. The van der Waals surface area contributed by atoms with E-state index in [1.54, 1.807) is 4.31 Å². The summed E-state index contributed by atoms with van der Waals surface area (Å²) < 4.78 is 27.7. The molecule has 1 aromatic rings. The summed E-state index contributed by atoms with van der Waals surface area (Å²) in [6, 6.07) is 9.57. The number of nitrogens with zero attached hydrogens (tertiary/aromatic N) is 2. The number of rotatable bonds is 7. The summed E-state index contributed by atoms with van der Waals surface area (Å²) in [6.45, 7) is 5.86. The average Bonchev–Trinajstić information content (AvgIpc) is 2.97. The summed E-state index contributed by atoms with van der Waals surface area (Å²) >= 11 is 0. The second kappa shape index (κ2) is 8.19. The lowest BCUT2D eigenvalue weighted by Gasteiger charge is -2.45. The highest BCUT2D eigenvalue weighted by Gasteiger charge is 2.45. The van der Waals surface area contributed by atoms with Crippen molar-refractivity contribution in [2.45, 2.75) is 63.2 Å². The quantitative estimate of drug-likeness (QED) is 0.694. The van der Waals surface area contributed by atoms with Gasteiger partial charge in [-0.2, -0.15) is 4.31 Å². The van der Waals surface area contributed by atoms with Gasteiger partial charge in [0.05, 0.1) is 5.75 Å². The lowest BCUT2D eigenvalue weighted by atomic mass is 9.87. The average molecular weight is 365 g/mol. The van der Waals surface area contributed by atoms with Crippen LogP contribution in [-0.4, -0.2) is 49.3 Å². The summed E-state index contributed by atoms with van der Waals surface area (Å²) in [5.41, 5.74) is 0.976. The van der Waals surface area contributed by atoms with Gasteiger partial charge in [-0.15, -0.1) is 0 Å². The Kier molecular flexibility index (Phi) is 6.18. The minimum absolute atomic E-state index is 0.0930. The SMILES string of the molecule is CCCCCN1CCCC12CCCN(S(=O)(=O)Cc1ccccc1)C2. The Morgan fingerprint density at radius 2 is 1.76 bits per heavy atom. The van der Waals surface area contributed by atoms with Gasteiger partial charge in [-0.05, 0) is 50.8 Å². The van der Waals surface area contributed by atoms with Gasteiger partial charge in [-0.25, -0.2) is 8.42 Å². The number of likely N-dealkylation sites (tertiary alicyclic amines) is 1. The van der Waals surface area contributed by atoms with E-state index >= 15 is 0 Å². The minimum Gasteiger partial charge on any atom is -0.296 e. The zero-order valence-electron chi connectivity index (χ0n) is 15.5. The molecule has 0 radical (unpaired) electrons. The summed E-state index contributed by atoms with van der Waals surface area (Å²) in [7, 11) is -3.24. The number of benzene rings is 1. The third kappa shape index (κ3) is 4.44. The fourth-order valence-corrected chi connectivity index (χ4v) is 6.18. The van der Waals surface area contributed by atoms with Crippen molar-refractivity contribution < 1.29 is 8.42 Å². The molecule has 140 valence electrons. The van der Waals surface area contributed by atoms with Gasteiger partial charge in [-0.1, -0.05) is 50.1 Å². The second-order valence-corrected chi connectivity index (χ2v) is 9.67. The van der Waals surface area contributed by atoms with Crippen molar-refractivity contribution in [2.24, 2.45) is 0 Å². The van der Waals surface area contributed by atoms with E-state index in [1.165, 1.54) is 25.7 Å². The second-order valence-electron chi connectivity index (χ2n) is 7.70. The molecule has 1 aromatic carbocycles. The van der Waals surface area contributed by atoms with Crippen LogP contribution in [0.2, 0.25) is 0 Å². The normalized spacial score (nSPS) is 25.6. The number of unbranched alkanes of at least 4 members (excludes halogenated alkanes) is 2. The van der Waals surface area contributed by atoms with Crippen LogP contribution >= 0.6 is 0 Å². The predicted octanol–water partition coefficient (Wildman–Crippen LogP) is 3.64. The molecule has 0 saturated carbocycles. The molecule has 0 amide bonds. The number of sulfonamides is 1. The highest BCUT2D eigenvalue weighted by atomic mass is 32.2. The fraction of sp³-hybridized carbons (Fsp3) is 0.700. The van der Waals surface area contributed by atoms with Crippen molar-refractivity contribution in [3.05, 3.63) is 35.9 Å². The molecular formula is C20H32N2O2S. The lowest BCUT2D eigenvalue weighted by Crippen LogP contribution is -2.57. The zero-order valence-corrected chi connectivity index (χ0v) is 16.3. The van der Waals surface area contributed by atoms with Crippen LogP contribution in [0.25, 0.3) is 0 Å². The smallest absolute Gasteiger partial charge is 0.218 e. The molecule has 1 atom stereocenters. The highest BCUT2D eigenvalue weighted by Crippen LogP contribution is 2.38. The Morgan fingerprint density at radius 3 is 2.48 bits per heavy atom. The summed E-state index contributed by atoms with van der Waals surface area (Å²) in [4.78, 5) is 2.60. The molecule has 0 bridgehead atoms. The van der Waals surface area contributed by atoms with Gasteiger partial charge in [0.15, 0.2) is 0 Å². The van der Waals surface area contributed by atoms with E-state index in [4.69, 9.17) is 0 Å². The van der Waals surface area contributed by atoms with E-state index in [-0.39, 0.29) is 11.3 Å². The molecule has 2 aliphatic rings. The zero-order chi connectivity index (χ0) is 17.8. The van der Waals surface area contributed by atoms with E-state index < -0.39 is 10.0 Å². The van der Waals surface area contributed by atoms with E-state index in [0.29, 0.717) is 13.1 Å². The van der Waals surface area contributed by atoms with E-state index in [2.05, 4.69) is 11.8 Å². The minimum atomic E-state index is -3.24. The van der Waals surface area contributed by atoms with Crippen molar-refractivity contribution in [3.8, 4) is 0 Å². The maximum atomic E-state index is 13.0. The Morgan fingerprint density at radius 1 is 1.04 bits per heavy atom. The van der Waals surface area contributed by atoms with Gasteiger partial charge in [0.25, 0.3) is 0 Å². The monoisotopic (exact) mass is 364 g/mol. The van der Waals surface area contributed by atoms with Gasteiger partial charge in [0, 0.05) is 18.6 Å². The molecule has 0 aliphatic carbocycles. The molecule has 25 heavy (non-hydrogen) atoms. The van der Waals surface area contributed by atoms with Gasteiger partial charge >= 0.3 is 0 Å². The summed E-state index contributed by atoms with van der Waals surface area (Å²) in [5, 5.41) is 0. The first-order valence-electron chi connectivity index (χ1n) is 9.83. The molecule has 4 nitrogen and oxygen atoms in total. The molecule has 2 saturated heterocycles.